The number of amides is 1. The van der Waals surface area contributed by atoms with Crippen LogP contribution in [0.4, 0.5) is 0 Å². The lowest BCUT2D eigenvalue weighted by atomic mass is 10.1. The van der Waals surface area contributed by atoms with Crippen LogP contribution in [-0.4, -0.2) is 42.6 Å². The van der Waals surface area contributed by atoms with Gasteiger partial charge in [0, 0.05) is 18.6 Å². The number of nitrogens with one attached hydrogen (secondary N) is 1. The van der Waals surface area contributed by atoms with Gasteiger partial charge in [-0.3, -0.25) is 4.79 Å². The lowest BCUT2D eigenvalue weighted by Gasteiger charge is -2.27. The van der Waals surface area contributed by atoms with Crippen LogP contribution in [0.15, 0.2) is 30.3 Å². The van der Waals surface area contributed by atoms with Gasteiger partial charge in [-0.1, -0.05) is 30.3 Å². The van der Waals surface area contributed by atoms with Crippen molar-refractivity contribution in [3.63, 3.8) is 0 Å². The molecule has 20 heavy (non-hydrogen) atoms. The van der Waals surface area contributed by atoms with Gasteiger partial charge in [0.2, 0.25) is 5.91 Å². The lowest BCUT2D eigenvalue weighted by molar-refractivity contribution is -0.139. The molecule has 2 atom stereocenters. The Hall–Kier alpha value is -1.39. The molecule has 4 nitrogen and oxygen atoms in total. The maximum atomic E-state index is 12.4. The fourth-order valence-electron chi connectivity index (χ4n) is 3.29. The molecule has 2 heterocycles. The molecule has 2 bridgehead atoms. The Labute approximate surface area is 120 Å². The van der Waals surface area contributed by atoms with Crippen LogP contribution in [0.5, 0.6) is 0 Å². The minimum Gasteiger partial charge on any atom is -0.367 e. The van der Waals surface area contributed by atoms with Gasteiger partial charge >= 0.3 is 0 Å². The summed E-state index contributed by atoms with van der Waals surface area (Å²) in [5, 5.41) is 3.41. The molecular formula is C16H22N2O2. The van der Waals surface area contributed by atoms with Gasteiger partial charge in [0.25, 0.3) is 0 Å². The van der Waals surface area contributed by atoms with Crippen LogP contribution >= 0.6 is 0 Å². The van der Waals surface area contributed by atoms with E-state index in [-0.39, 0.29) is 12.5 Å². The second-order valence-electron chi connectivity index (χ2n) is 5.66. The molecule has 2 aliphatic heterocycles. The van der Waals surface area contributed by atoms with Crippen molar-refractivity contribution in [3.05, 3.63) is 35.9 Å². The Morgan fingerprint density at radius 2 is 2.00 bits per heavy atom. The Morgan fingerprint density at radius 1 is 1.20 bits per heavy atom. The van der Waals surface area contributed by atoms with Crippen molar-refractivity contribution in [3.8, 4) is 0 Å². The summed E-state index contributed by atoms with van der Waals surface area (Å²) in [5.74, 6) is 0.150. The average molecular weight is 274 g/mol. The first kappa shape index (κ1) is 13.6. The van der Waals surface area contributed by atoms with E-state index in [0.717, 1.165) is 37.9 Å². The van der Waals surface area contributed by atoms with Gasteiger partial charge < -0.3 is 15.0 Å². The molecule has 1 aromatic rings. The summed E-state index contributed by atoms with van der Waals surface area (Å²) in [7, 11) is 0. The van der Waals surface area contributed by atoms with Crippen LogP contribution in [0.3, 0.4) is 0 Å². The molecule has 0 aliphatic carbocycles. The van der Waals surface area contributed by atoms with Gasteiger partial charge in [-0.25, -0.2) is 0 Å². The Morgan fingerprint density at radius 3 is 2.85 bits per heavy atom. The van der Waals surface area contributed by atoms with E-state index < -0.39 is 0 Å². The summed E-state index contributed by atoms with van der Waals surface area (Å²) in [6.45, 7) is 2.66. The molecule has 3 rings (SSSR count). The van der Waals surface area contributed by atoms with E-state index in [0.29, 0.717) is 18.7 Å². The van der Waals surface area contributed by atoms with Gasteiger partial charge in [-0.05, 0) is 31.4 Å². The van der Waals surface area contributed by atoms with E-state index in [4.69, 9.17) is 4.74 Å². The topological polar surface area (TPSA) is 41.6 Å². The van der Waals surface area contributed by atoms with Crippen molar-refractivity contribution in [1.82, 2.24) is 10.2 Å². The molecule has 108 valence electrons. The minimum absolute atomic E-state index is 0.150. The molecule has 2 fully saturated rings. The number of carbonyl (C=O) groups excluding carboxylic acids is 1. The fourth-order valence-corrected chi connectivity index (χ4v) is 3.29. The summed E-state index contributed by atoms with van der Waals surface area (Å²) >= 11 is 0. The van der Waals surface area contributed by atoms with E-state index in [2.05, 4.69) is 10.2 Å². The molecular weight excluding hydrogens is 252 g/mol. The molecule has 0 unspecified atom stereocenters. The van der Waals surface area contributed by atoms with Crippen molar-refractivity contribution < 1.29 is 9.53 Å². The van der Waals surface area contributed by atoms with Gasteiger partial charge in [-0.2, -0.15) is 0 Å². The van der Waals surface area contributed by atoms with Gasteiger partial charge in [-0.15, -0.1) is 0 Å². The predicted octanol–water partition coefficient (Wildman–Crippen LogP) is 1.56. The number of carbonyl (C=O) groups is 1. The van der Waals surface area contributed by atoms with Crippen LogP contribution < -0.4 is 5.32 Å². The van der Waals surface area contributed by atoms with Gasteiger partial charge in [0.05, 0.1) is 6.61 Å². The number of fused-ring (bicyclic) bond motifs is 2. The second-order valence-corrected chi connectivity index (χ2v) is 5.66. The number of rotatable bonds is 4. The summed E-state index contributed by atoms with van der Waals surface area (Å²) in [4.78, 5) is 14.4. The molecule has 1 aromatic carbocycles. The Balaban J connectivity index is 1.51. The highest BCUT2D eigenvalue weighted by Crippen LogP contribution is 2.27. The Kier molecular flexibility index (Phi) is 4.33. The molecule has 2 saturated heterocycles. The number of benzene rings is 1. The van der Waals surface area contributed by atoms with Crippen LogP contribution in [0.25, 0.3) is 0 Å². The molecule has 0 spiro atoms. The first-order valence-corrected chi connectivity index (χ1v) is 7.48. The third kappa shape index (κ3) is 3.02. The number of nitrogens with zero attached hydrogens (tertiary/aromatic N) is 1. The fraction of sp³-hybridized carbons (Fsp3) is 0.562. The second kappa shape index (κ2) is 6.37. The zero-order chi connectivity index (χ0) is 13.8. The zero-order valence-electron chi connectivity index (χ0n) is 11.8. The summed E-state index contributed by atoms with van der Waals surface area (Å²) < 4.78 is 5.59. The molecule has 2 aliphatic rings. The zero-order valence-corrected chi connectivity index (χ0v) is 11.8. The normalized spacial score (nSPS) is 25.5. The van der Waals surface area contributed by atoms with Crippen LogP contribution in [0.2, 0.25) is 0 Å². The molecule has 1 amide bonds. The largest absolute Gasteiger partial charge is 0.367 e. The van der Waals surface area contributed by atoms with Gasteiger partial charge in [0.1, 0.15) is 6.61 Å². The Bertz CT molecular complexity index is 435. The number of ether oxygens (including phenoxy) is 1. The summed E-state index contributed by atoms with van der Waals surface area (Å²) in [6, 6.07) is 10.8. The monoisotopic (exact) mass is 274 g/mol. The average Bonchev–Trinajstić information content (AvgIpc) is 2.73. The predicted molar refractivity (Wildman–Crippen MR) is 77.2 cm³/mol. The molecule has 0 saturated carbocycles. The van der Waals surface area contributed by atoms with Crippen molar-refractivity contribution in [2.24, 2.45) is 0 Å². The van der Waals surface area contributed by atoms with E-state index >= 15 is 0 Å². The maximum Gasteiger partial charge on any atom is 0.249 e. The van der Waals surface area contributed by atoms with E-state index in [1.54, 1.807) is 0 Å². The molecule has 4 heteroatoms. The quantitative estimate of drug-likeness (QED) is 0.906. The highest BCUT2D eigenvalue weighted by molar-refractivity contribution is 5.78. The van der Waals surface area contributed by atoms with Crippen molar-refractivity contribution in [1.29, 1.82) is 0 Å². The number of hydrogen-bond donors (Lipinski definition) is 1. The minimum atomic E-state index is 0.150. The van der Waals surface area contributed by atoms with Crippen molar-refractivity contribution >= 4 is 5.91 Å². The lowest BCUT2D eigenvalue weighted by Crippen LogP contribution is -2.44. The first-order valence-electron chi connectivity index (χ1n) is 7.48. The van der Waals surface area contributed by atoms with Gasteiger partial charge in [0.15, 0.2) is 0 Å². The highest BCUT2D eigenvalue weighted by Gasteiger charge is 2.37. The van der Waals surface area contributed by atoms with E-state index in [1.807, 2.05) is 30.3 Å². The van der Waals surface area contributed by atoms with Crippen molar-refractivity contribution in [2.45, 2.75) is 38.0 Å². The van der Waals surface area contributed by atoms with E-state index in [1.165, 1.54) is 0 Å². The van der Waals surface area contributed by atoms with Crippen molar-refractivity contribution in [2.75, 3.05) is 19.7 Å². The maximum absolute atomic E-state index is 12.4. The van der Waals surface area contributed by atoms with Crippen LogP contribution in [0, 0.1) is 0 Å². The van der Waals surface area contributed by atoms with Crippen LogP contribution in [0.1, 0.15) is 24.8 Å². The highest BCUT2D eigenvalue weighted by atomic mass is 16.5. The summed E-state index contributed by atoms with van der Waals surface area (Å²) in [5.41, 5.74) is 1.11. The van der Waals surface area contributed by atoms with E-state index in [9.17, 15) is 4.79 Å². The summed E-state index contributed by atoms with van der Waals surface area (Å²) in [6.07, 6.45) is 3.35. The van der Waals surface area contributed by atoms with Crippen LogP contribution in [-0.2, 0) is 16.1 Å². The standard InChI is InChI=1S/C16H22N2O2/c19-16(12-20-11-13-4-2-1-3-5-13)18-14-6-7-15(18)10-17-9-8-14/h1-5,14-15,17H,6-12H2/t14-,15+/m0/s1. The molecule has 1 N–H and O–H groups in total. The molecule has 0 aromatic heterocycles. The first-order chi connectivity index (χ1) is 9.84. The smallest absolute Gasteiger partial charge is 0.249 e. The molecule has 0 radical (unpaired) electrons. The SMILES string of the molecule is O=C(COCc1ccccc1)N1[C@@H]2CCNC[C@H]1CC2. The third-order valence-corrected chi connectivity index (χ3v) is 4.28. The number of hydrogen-bond acceptors (Lipinski definition) is 3. The third-order valence-electron chi connectivity index (χ3n) is 4.28.